The van der Waals surface area contributed by atoms with Crippen molar-refractivity contribution in [2.45, 2.75) is 39.3 Å². The van der Waals surface area contributed by atoms with E-state index >= 15 is 0 Å². The van der Waals surface area contributed by atoms with Crippen molar-refractivity contribution < 1.29 is 9.82 Å². The van der Waals surface area contributed by atoms with Crippen LogP contribution in [0.5, 0.6) is 0 Å². The third kappa shape index (κ3) is 5.67. The summed E-state index contributed by atoms with van der Waals surface area (Å²) in [4.78, 5) is 21.4. The summed E-state index contributed by atoms with van der Waals surface area (Å²) in [7, 11) is -0.538. The number of amides is 1. The summed E-state index contributed by atoms with van der Waals surface area (Å²) >= 11 is 0. The SMILES string of the molecule is CB(O)N1CCN[C@@H](C(=O)N(CCCn2cnc(C)c2)Cc2ccccc2)C1. The molecule has 1 aliphatic heterocycles. The van der Waals surface area contributed by atoms with Crippen molar-refractivity contribution in [3.8, 4) is 0 Å². The number of aromatic nitrogens is 2. The van der Waals surface area contributed by atoms with E-state index in [4.69, 9.17) is 0 Å². The minimum Gasteiger partial charge on any atom is -0.437 e. The molecule has 0 spiro atoms. The molecule has 1 amide bonds. The molecule has 1 atom stereocenters. The molecule has 1 aromatic carbocycles. The van der Waals surface area contributed by atoms with Gasteiger partial charge in [-0.15, -0.1) is 0 Å². The summed E-state index contributed by atoms with van der Waals surface area (Å²) in [5, 5.41) is 13.2. The van der Waals surface area contributed by atoms with Crippen LogP contribution in [-0.2, 0) is 17.9 Å². The molecule has 1 aliphatic rings. The Balaban J connectivity index is 1.64. The number of hydrogen-bond donors (Lipinski definition) is 2. The van der Waals surface area contributed by atoms with Gasteiger partial charge < -0.3 is 24.6 Å². The van der Waals surface area contributed by atoms with Crippen LogP contribution in [0.3, 0.4) is 0 Å². The normalized spacial score (nSPS) is 17.5. The zero-order valence-electron chi connectivity index (χ0n) is 16.8. The van der Waals surface area contributed by atoms with Crippen molar-refractivity contribution in [3.63, 3.8) is 0 Å². The van der Waals surface area contributed by atoms with Crippen LogP contribution in [0.4, 0.5) is 0 Å². The Morgan fingerprint density at radius 1 is 1.39 bits per heavy atom. The van der Waals surface area contributed by atoms with Gasteiger partial charge in [0.05, 0.1) is 18.1 Å². The van der Waals surface area contributed by atoms with Gasteiger partial charge in [-0.2, -0.15) is 0 Å². The summed E-state index contributed by atoms with van der Waals surface area (Å²) in [5.74, 6) is 0.0935. The minimum absolute atomic E-state index is 0.0935. The van der Waals surface area contributed by atoms with Gasteiger partial charge in [0.1, 0.15) is 0 Å². The molecule has 28 heavy (non-hydrogen) atoms. The Bertz CT molecular complexity index is 752. The summed E-state index contributed by atoms with van der Waals surface area (Å²) < 4.78 is 2.06. The molecule has 0 radical (unpaired) electrons. The average molecular weight is 383 g/mol. The third-order valence-electron chi connectivity index (χ3n) is 5.17. The second kappa shape index (κ2) is 9.86. The van der Waals surface area contributed by atoms with E-state index in [-0.39, 0.29) is 11.9 Å². The Morgan fingerprint density at radius 2 is 2.18 bits per heavy atom. The highest BCUT2D eigenvalue weighted by molar-refractivity contribution is 6.45. The second-order valence-electron chi connectivity index (χ2n) is 7.49. The molecular weight excluding hydrogens is 353 g/mol. The van der Waals surface area contributed by atoms with Gasteiger partial charge in [-0.25, -0.2) is 4.98 Å². The molecule has 7 nitrogen and oxygen atoms in total. The first-order valence-electron chi connectivity index (χ1n) is 9.99. The van der Waals surface area contributed by atoms with Crippen LogP contribution in [0.2, 0.25) is 6.82 Å². The lowest BCUT2D eigenvalue weighted by molar-refractivity contribution is -0.135. The number of nitrogens with zero attached hydrogens (tertiary/aromatic N) is 4. The lowest BCUT2D eigenvalue weighted by atomic mass is 9.83. The van der Waals surface area contributed by atoms with Crippen LogP contribution in [0, 0.1) is 6.92 Å². The number of imidazole rings is 1. The number of carbonyl (C=O) groups is 1. The zero-order valence-corrected chi connectivity index (χ0v) is 16.8. The van der Waals surface area contributed by atoms with E-state index in [0.29, 0.717) is 26.2 Å². The van der Waals surface area contributed by atoms with Crippen molar-refractivity contribution in [1.82, 2.24) is 24.6 Å². The van der Waals surface area contributed by atoms with Crippen LogP contribution in [0.15, 0.2) is 42.9 Å². The smallest absolute Gasteiger partial charge is 0.376 e. The summed E-state index contributed by atoms with van der Waals surface area (Å²) in [6.45, 7) is 7.81. The number of carbonyl (C=O) groups excluding carboxylic acids is 1. The molecule has 0 bridgehead atoms. The van der Waals surface area contributed by atoms with Gasteiger partial charge in [0, 0.05) is 45.5 Å². The fourth-order valence-corrected chi connectivity index (χ4v) is 3.61. The molecule has 0 saturated carbocycles. The van der Waals surface area contributed by atoms with E-state index < -0.39 is 7.05 Å². The number of piperazine rings is 1. The molecule has 0 unspecified atom stereocenters. The lowest BCUT2D eigenvalue weighted by Gasteiger charge is -2.36. The van der Waals surface area contributed by atoms with E-state index in [1.165, 1.54) is 0 Å². The predicted octanol–water partition coefficient (Wildman–Crippen LogP) is 0.995. The van der Waals surface area contributed by atoms with Crippen molar-refractivity contribution >= 4 is 13.0 Å². The predicted molar refractivity (Wildman–Crippen MR) is 111 cm³/mol. The van der Waals surface area contributed by atoms with Crippen LogP contribution in [0.1, 0.15) is 17.7 Å². The van der Waals surface area contributed by atoms with Gasteiger partial charge in [0.2, 0.25) is 5.91 Å². The molecule has 2 aromatic rings. The number of aryl methyl sites for hydroxylation is 2. The van der Waals surface area contributed by atoms with Crippen LogP contribution in [0.25, 0.3) is 0 Å². The average Bonchev–Trinajstić information content (AvgIpc) is 3.12. The summed E-state index contributed by atoms with van der Waals surface area (Å²) in [5.41, 5.74) is 2.12. The van der Waals surface area contributed by atoms with Crippen molar-refractivity contribution in [3.05, 3.63) is 54.1 Å². The maximum atomic E-state index is 13.3. The van der Waals surface area contributed by atoms with Crippen molar-refractivity contribution in [1.29, 1.82) is 0 Å². The number of rotatable bonds is 8. The standard InChI is InChI=1S/C20H30BN5O2/c1-17-13-24(16-23-17)10-6-11-25(14-18-7-4-3-5-8-18)20(27)19-15-26(21(2)28)12-9-22-19/h3-5,7-8,13,16,19,22,28H,6,9-12,14-15H2,1-2H3/t19-/m1/s1. The first-order chi connectivity index (χ1) is 13.5. The molecule has 2 heterocycles. The van der Waals surface area contributed by atoms with Crippen molar-refractivity contribution in [2.24, 2.45) is 0 Å². The molecule has 3 rings (SSSR count). The maximum absolute atomic E-state index is 13.3. The van der Waals surface area contributed by atoms with E-state index in [2.05, 4.69) is 27.0 Å². The fourth-order valence-electron chi connectivity index (χ4n) is 3.61. The monoisotopic (exact) mass is 383 g/mol. The van der Waals surface area contributed by atoms with Crippen LogP contribution < -0.4 is 5.32 Å². The first kappa shape index (κ1) is 20.6. The van der Waals surface area contributed by atoms with Gasteiger partial charge in [-0.3, -0.25) is 4.79 Å². The Hall–Kier alpha value is -2.16. The molecule has 0 aliphatic carbocycles. The van der Waals surface area contributed by atoms with Crippen LogP contribution in [-0.4, -0.2) is 69.5 Å². The molecule has 1 saturated heterocycles. The summed E-state index contributed by atoms with van der Waals surface area (Å²) in [6, 6.07) is 9.80. The zero-order chi connectivity index (χ0) is 19.9. The van der Waals surface area contributed by atoms with Gasteiger partial charge in [0.25, 0.3) is 0 Å². The van der Waals surface area contributed by atoms with Crippen molar-refractivity contribution in [2.75, 3.05) is 26.2 Å². The molecule has 1 fully saturated rings. The number of hydrogen-bond acceptors (Lipinski definition) is 5. The fraction of sp³-hybridized carbons (Fsp3) is 0.500. The molecule has 8 heteroatoms. The number of nitrogens with one attached hydrogen (secondary N) is 1. The Labute approximate surface area is 167 Å². The highest BCUT2D eigenvalue weighted by Crippen LogP contribution is 2.11. The lowest BCUT2D eigenvalue weighted by Crippen LogP contribution is -2.60. The minimum atomic E-state index is -0.538. The van der Waals surface area contributed by atoms with E-state index in [1.54, 1.807) is 6.82 Å². The van der Waals surface area contributed by atoms with Gasteiger partial charge in [0.15, 0.2) is 0 Å². The van der Waals surface area contributed by atoms with E-state index in [1.807, 2.05) is 47.4 Å². The molecule has 2 N–H and O–H groups in total. The van der Waals surface area contributed by atoms with Gasteiger partial charge >= 0.3 is 7.05 Å². The third-order valence-corrected chi connectivity index (χ3v) is 5.17. The molecular formula is C20H30BN5O2. The second-order valence-corrected chi connectivity index (χ2v) is 7.49. The Kier molecular flexibility index (Phi) is 7.25. The molecule has 150 valence electrons. The Morgan fingerprint density at radius 3 is 2.86 bits per heavy atom. The van der Waals surface area contributed by atoms with Crippen LogP contribution >= 0.6 is 0 Å². The number of benzene rings is 1. The highest BCUT2D eigenvalue weighted by Gasteiger charge is 2.31. The summed E-state index contributed by atoms with van der Waals surface area (Å²) in [6.07, 6.45) is 4.72. The highest BCUT2D eigenvalue weighted by atomic mass is 16.2. The molecule has 1 aromatic heterocycles. The van der Waals surface area contributed by atoms with E-state index in [0.717, 1.165) is 30.8 Å². The topological polar surface area (TPSA) is 73.6 Å². The largest absolute Gasteiger partial charge is 0.437 e. The quantitative estimate of drug-likeness (QED) is 0.666. The van der Waals surface area contributed by atoms with Gasteiger partial charge in [-0.1, -0.05) is 30.3 Å². The van der Waals surface area contributed by atoms with Gasteiger partial charge in [-0.05, 0) is 25.7 Å². The maximum Gasteiger partial charge on any atom is 0.376 e. The van der Waals surface area contributed by atoms with E-state index in [9.17, 15) is 9.82 Å². The first-order valence-corrected chi connectivity index (χ1v) is 9.99.